The maximum absolute atomic E-state index is 13.3. The van der Waals surface area contributed by atoms with Gasteiger partial charge in [-0.1, -0.05) is 13.0 Å². The minimum Gasteiger partial charge on any atom is -0.318 e. The molecule has 1 aromatic heterocycles. The van der Waals surface area contributed by atoms with E-state index in [9.17, 15) is 8.78 Å². The van der Waals surface area contributed by atoms with E-state index in [1.54, 1.807) is 24.5 Å². The van der Waals surface area contributed by atoms with Crippen LogP contribution in [0.3, 0.4) is 0 Å². The second-order valence-electron chi connectivity index (χ2n) is 4.19. The second kappa shape index (κ2) is 4.82. The highest BCUT2D eigenvalue weighted by molar-refractivity contribution is 5.37. The van der Waals surface area contributed by atoms with Crippen molar-refractivity contribution < 1.29 is 8.78 Å². The van der Waals surface area contributed by atoms with Crippen LogP contribution >= 0.6 is 0 Å². The van der Waals surface area contributed by atoms with Crippen molar-refractivity contribution in [3.8, 4) is 0 Å². The number of benzene rings is 1. The van der Waals surface area contributed by atoms with Crippen LogP contribution in [0.4, 0.5) is 8.78 Å². The van der Waals surface area contributed by atoms with Crippen LogP contribution in [-0.4, -0.2) is 4.98 Å². The van der Waals surface area contributed by atoms with Crippen molar-refractivity contribution >= 4 is 0 Å². The summed E-state index contributed by atoms with van der Waals surface area (Å²) in [6.45, 7) is 1.90. The van der Waals surface area contributed by atoms with Crippen LogP contribution in [0.1, 0.15) is 24.5 Å². The number of halogens is 2. The van der Waals surface area contributed by atoms with Gasteiger partial charge in [-0.05, 0) is 41.8 Å². The van der Waals surface area contributed by atoms with E-state index in [2.05, 4.69) is 4.98 Å². The van der Waals surface area contributed by atoms with Gasteiger partial charge in [-0.25, -0.2) is 8.78 Å². The molecule has 1 heterocycles. The Hall–Kier alpha value is -1.81. The number of aromatic nitrogens is 1. The molecule has 0 saturated carbocycles. The lowest BCUT2D eigenvalue weighted by molar-refractivity contribution is 0.485. The molecule has 0 aliphatic heterocycles. The van der Waals surface area contributed by atoms with E-state index in [0.29, 0.717) is 12.0 Å². The first-order chi connectivity index (χ1) is 8.58. The third-order valence-corrected chi connectivity index (χ3v) is 3.19. The van der Waals surface area contributed by atoms with Gasteiger partial charge in [0.2, 0.25) is 0 Å². The standard InChI is InChI=1S/C14H14F2N2/c1-2-14(17,10-5-7-18-8-6-10)11-3-4-12(15)13(16)9-11/h3-9H,2,17H2,1H3. The summed E-state index contributed by atoms with van der Waals surface area (Å²) in [6, 6.07) is 7.33. The fraction of sp³-hybridized carbons (Fsp3) is 0.214. The molecule has 18 heavy (non-hydrogen) atoms. The van der Waals surface area contributed by atoms with Crippen LogP contribution in [0.5, 0.6) is 0 Å². The van der Waals surface area contributed by atoms with E-state index in [1.807, 2.05) is 6.92 Å². The van der Waals surface area contributed by atoms with Crippen molar-refractivity contribution in [3.05, 3.63) is 65.5 Å². The van der Waals surface area contributed by atoms with E-state index in [0.717, 1.165) is 17.7 Å². The molecule has 2 nitrogen and oxygen atoms in total. The summed E-state index contributed by atoms with van der Waals surface area (Å²) in [5, 5.41) is 0. The van der Waals surface area contributed by atoms with Gasteiger partial charge in [0.15, 0.2) is 11.6 Å². The summed E-state index contributed by atoms with van der Waals surface area (Å²) >= 11 is 0. The van der Waals surface area contributed by atoms with Crippen LogP contribution in [0.2, 0.25) is 0 Å². The highest BCUT2D eigenvalue weighted by Crippen LogP contribution is 2.30. The molecular weight excluding hydrogens is 234 g/mol. The predicted octanol–water partition coefficient (Wildman–Crippen LogP) is 2.97. The Bertz CT molecular complexity index is 543. The van der Waals surface area contributed by atoms with Gasteiger partial charge >= 0.3 is 0 Å². The number of hydrogen-bond acceptors (Lipinski definition) is 2. The van der Waals surface area contributed by atoms with Crippen LogP contribution in [0.25, 0.3) is 0 Å². The molecule has 0 aliphatic rings. The van der Waals surface area contributed by atoms with Gasteiger partial charge in [0.1, 0.15) is 0 Å². The fourth-order valence-corrected chi connectivity index (χ4v) is 2.00. The first kappa shape index (κ1) is 12.6. The molecule has 0 fully saturated rings. The lowest BCUT2D eigenvalue weighted by Gasteiger charge is -2.29. The topological polar surface area (TPSA) is 38.9 Å². The third-order valence-electron chi connectivity index (χ3n) is 3.19. The Labute approximate surface area is 104 Å². The molecule has 0 aliphatic carbocycles. The molecule has 94 valence electrons. The van der Waals surface area contributed by atoms with Gasteiger partial charge in [-0.3, -0.25) is 4.98 Å². The van der Waals surface area contributed by atoms with Gasteiger partial charge in [-0.2, -0.15) is 0 Å². The summed E-state index contributed by atoms with van der Waals surface area (Å²) in [7, 11) is 0. The summed E-state index contributed by atoms with van der Waals surface area (Å²) in [5.41, 5.74) is 6.88. The predicted molar refractivity (Wildman–Crippen MR) is 65.9 cm³/mol. The van der Waals surface area contributed by atoms with Crippen molar-refractivity contribution in [1.29, 1.82) is 0 Å². The first-order valence-corrected chi connectivity index (χ1v) is 5.73. The summed E-state index contributed by atoms with van der Waals surface area (Å²) in [5.74, 6) is -1.75. The SMILES string of the molecule is CCC(N)(c1ccncc1)c1ccc(F)c(F)c1. The summed E-state index contributed by atoms with van der Waals surface area (Å²) in [6.07, 6.45) is 3.83. The molecule has 1 aromatic carbocycles. The normalized spacial score (nSPS) is 14.2. The van der Waals surface area contributed by atoms with Crippen molar-refractivity contribution in [3.63, 3.8) is 0 Å². The lowest BCUT2D eigenvalue weighted by Crippen LogP contribution is -2.37. The minimum atomic E-state index is -0.884. The van der Waals surface area contributed by atoms with Crippen LogP contribution in [-0.2, 0) is 5.54 Å². The average molecular weight is 248 g/mol. The Morgan fingerprint density at radius 1 is 1.06 bits per heavy atom. The van der Waals surface area contributed by atoms with Gasteiger partial charge < -0.3 is 5.73 Å². The highest BCUT2D eigenvalue weighted by atomic mass is 19.2. The highest BCUT2D eigenvalue weighted by Gasteiger charge is 2.28. The van der Waals surface area contributed by atoms with Crippen LogP contribution < -0.4 is 5.73 Å². The molecule has 4 heteroatoms. The Morgan fingerprint density at radius 2 is 1.72 bits per heavy atom. The zero-order chi connectivity index (χ0) is 13.2. The number of pyridine rings is 1. The van der Waals surface area contributed by atoms with Crippen LogP contribution in [0.15, 0.2) is 42.7 Å². The first-order valence-electron chi connectivity index (χ1n) is 5.73. The van der Waals surface area contributed by atoms with E-state index < -0.39 is 17.2 Å². The summed E-state index contributed by atoms with van der Waals surface area (Å²) < 4.78 is 26.3. The maximum Gasteiger partial charge on any atom is 0.159 e. The van der Waals surface area contributed by atoms with Crippen molar-refractivity contribution in [2.75, 3.05) is 0 Å². The molecule has 0 bridgehead atoms. The minimum absolute atomic E-state index is 0.551. The number of nitrogens with two attached hydrogens (primary N) is 1. The van der Waals surface area contributed by atoms with E-state index >= 15 is 0 Å². The molecule has 2 N–H and O–H groups in total. The van der Waals surface area contributed by atoms with Gasteiger partial charge in [0, 0.05) is 12.4 Å². The van der Waals surface area contributed by atoms with E-state index in [-0.39, 0.29) is 0 Å². The van der Waals surface area contributed by atoms with Crippen molar-refractivity contribution in [2.24, 2.45) is 5.73 Å². The molecule has 0 saturated heterocycles. The number of nitrogens with zero attached hydrogens (tertiary/aromatic N) is 1. The Kier molecular flexibility index (Phi) is 3.39. The molecule has 2 rings (SSSR count). The van der Waals surface area contributed by atoms with Gasteiger partial charge in [0.05, 0.1) is 5.54 Å². The molecule has 0 radical (unpaired) electrons. The van der Waals surface area contributed by atoms with Crippen molar-refractivity contribution in [2.45, 2.75) is 18.9 Å². The molecule has 1 unspecified atom stereocenters. The van der Waals surface area contributed by atoms with Gasteiger partial charge in [0.25, 0.3) is 0 Å². The maximum atomic E-state index is 13.3. The quantitative estimate of drug-likeness (QED) is 0.907. The molecule has 2 aromatic rings. The van der Waals surface area contributed by atoms with E-state index in [4.69, 9.17) is 5.73 Å². The fourth-order valence-electron chi connectivity index (χ4n) is 2.00. The Morgan fingerprint density at radius 3 is 2.28 bits per heavy atom. The smallest absolute Gasteiger partial charge is 0.159 e. The number of hydrogen-bond donors (Lipinski definition) is 1. The molecule has 1 atom stereocenters. The van der Waals surface area contributed by atoms with Crippen LogP contribution in [0, 0.1) is 11.6 Å². The number of rotatable bonds is 3. The zero-order valence-corrected chi connectivity index (χ0v) is 10.0. The lowest BCUT2D eigenvalue weighted by atomic mass is 9.82. The summed E-state index contributed by atoms with van der Waals surface area (Å²) in [4.78, 5) is 3.93. The second-order valence-corrected chi connectivity index (χ2v) is 4.19. The molecule has 0 amide bonds. The Balaban J connectivity index is 2.53. The largest absolute Gasteiger partial charge is 0.318 e. The third kappa shape index (κ3) is 2.11. The zero-order valence-electron chi connectivity index (χ0n) is 10.0. The average Bonchev–Trinajstić information content (AvgIpc) is 2.42. The van der Waals surface area contributed by atoms with E-state index in [1.165, 1.54) is 6.07 Å². The molecule has 0 spiro atoms. The van der Waals surface area contributed by atoms with Gasteiger partial charge in [-0.15, -0.1) is 0 Å². The van der Waals surface area contributed by atoms with Crippen molar-refractivity contribution in [1.82, 2.24) is 4.98 Å². The monoisotopic (exact) mass is 248 g/mol. The molecular formula is C14H14F2N2.